The summed E-state index contributed by atoms with van der Waals surface area (Å²) >= 11 is 14.1. The summed E-state index contributed by atoms with van der Waals surface area (Å²) in [6.45, 7) is 0. The van der Waals surface area contributed by atoms with E-state index in [1.807, 2.05) is 24.3 Å². The maximum Gasteiger partial charge on any atom is 0.167 e. The molecule has 0 radical (unpaired) electrons. The van der Waals surface area contributed by atoms with Crippen LogP contribution >= 0.6 is 45.8 Å². The molecule has 0 aromatic heterocycles. The largest absolute Gasteiger partial charge is 0.396 e. The molecule has 19 heavy (non-hydrogen) atoms. The third kappa shape index (κ3) is 3.61. The minimum absolute atomic E-state index is 0.0370. The van der Waals surface area contributed by atoms with Gasteiger partial charge in [-0.15, -0.1) is 0 Å². The molecule has 0 atom stereocenters. The number of halogens is 3. The number of carbonyl (C=O) groups is 1. The predicted octanol–water partition coefficient (Wildman–Crippen LogP) is 4.61. The maximum absolute atomic E-state index is 12.2. The summed E-state index contributed by atoms with van der Waals surface area (Å²) in [5.74, 6) is -0.0370. The van der Waals surface area contributed by atoms with Crippen LogP contribution in [0.15, 0.2) is 36.4 Å². The molecule has 0 saturated heterocycles. The van der Waals surface area contributed by atoms with E-state index in [1.54, 1.807) is 12.1 Å². The van der Waals surface area contributed by atoms with E-state index in [0.717, 1.165) is 9.13 Å². The maximum atomic E-state index is 12.2. The van der Waals surface area contributed by atoms with Gasteiger partial charge in [0.05, 0.1) is 15.7 Å². The summed E-state index contributed by atoms with van der Waals surface area (Å²) in [7, 11) is 0. The number of nitrogens with two attached hydrogens (primary N) is 1. The molecule has 2 aromatic carbocycles. The number of carbonyl (C=O) groups excluding carboxylic acids is 1. The van der Waals surface area contributed by atoms with Gasteiger partial charge in [-0.3, -0.25) is 4.79 Å². The predicted molar refractivity (Wildman–Crippen MR) is 88.1 cm³/mol. The van der Waals surface area contributed by atoms with Crippen molar-refractivity contribution in [3.05, 3.63) is 61.1 Å². The Morgan fingerprint density at radius 3 is 2.16 bits per heavy atom. The average Bonchev–Trinajstić information content (AvgIpc) is 2.38. The molecule has 0 aliphatic heterocycles. The molecule has 0 aliphatic rings. The van der Waals surface area contributed by atoms with Crippen LogP contribution in [-0.4, -0.2) is 5.78 Å². The Morgan fingerprint density at radius 2 is 1.63 bits per heavy atom. The van der Waals surface area contributed by atoms with Crippen LogP contribution in [0.25, 0.3) is 0 Å². The van der Waals surface area contributed by atoms with Gasteiger partial charge >= 0.3 is 0 Å². The molecule has 0 unspecified atom stereocenters. The van der Waals surface area contributed by atoms with Gasteiger partial charge < -0.3 is 5.73 Å². The van der Waals surface area contributed by atoms with E-state index in [1.165, 1.54) is 0 Å². The van der Waals surface area contributed by atoms with Crippen LogP contribution in [-0.2, 0) is 6.42 Å². The van der Waals surface area contributed by atoms with E-state index in [-0.39, 0.29) is 5.78 Å². The summed E-state index contributed by atoms with van der Waals surface area (Å²) < 4.78 is 1.13. The van der Waals surface area contributed by atoms with Gasteiger partial charge in [-0.05, 0) is 52.4 Å². The number of anilines is 1. The molecular weight excluding hydrogens is 396 g/mol. The molecule has 2 aromatic rings. The molecule has 2 N–H and O–H groups in total. The smallest absolute Gasteiger partial charge is 0.167 e. The second-order valence-electron chi connectivity index (χ2n) is 4.08. The quantitative estimate of drug-likeness (QED) is 0.460. The molecule has 0 fully saturated rings. The van der Waals surface area contributed by atoms with Gasteiger partial charge in [-0.1, -0.05) is 35.3 Å². The minimum Gasteiger partial charge on any atom is -0.396 e. The zero-order chi connectivity index (χ0) is 14.0. The highest BCUT2D eigenvalue weighted by atomic mass is 127. The van der Waals surface area contributed by atoms with Gasteiger partial charge in [-0.2, -0.15) is 0 Å². The van der Waals surface area contributed by atoms with Crippen molar-refractivity contribution < 1.29 is 4.79 Å². The number of benzene rings is 2. The van der Waals surface area contributed by atoms with E-state index >= 15 is 0 Å². The Kier molecular flexibility index (Phi) is 4.71. The van der Waals surface area contributed by atoms with E-state index in [4.69, 9.17) is 28.9 Å². The van der Waals surface area contributed by atoms with Gasteiger partial charge in [0.25, 0.3) is 0 Å². The first kappa shape index (κ1) is 14.6. The van der Waals surface area contributed by atoms with Crippen LogP contribution in [0.4, 0.5) is 5.69 Å². The Hall–Kier alpha value is -0.780. The van der Waals surface area contributed by atoms with Crippen molar-refractivity contribution in [1.29, 1.82) is 0 Å². The lowest BCUT2D eigenvalue weighted by molar-refractivity contribution is 0.0993. The fourth-order valence-corrected chi connectivity index (χ4v) is 2.48. The second-order valence-corrected chi connectivity index (χ2v) is 6.14. The van der Waals surface area contributed by atoms with Crippen molar-refractivity contribution in [2.24, 2.45) is 0 Å². The van der Waals surface area contributed by atoms with Crippen molar-refractivity contribution in [3.8, 4) is 0 Å². The Labute approximate surface area is 135 Å². The van der Waals surface area contributed by atoms with Gasteiger partial charge in [0.1, 0.15) is 0 Å². The summed E-state index contributed by atoms with van der Waals surface area (Å²) in [5, 5.41) is 0.608. The standard InChI is InChI=1S/C14H10Cl2INO/c15-11-6-9(7-12(16)14(11)18)13(19)5-8-1-3-10(17)4-2-8/h1-4,6-7H,5,18H2. The normalized spacial score (nSPS) is 10.5. The van der Waals surface area contributed by atoms with Crippen LogP contribution in [0.3, 0.4) is 0 Å². The first-order chi connectivity index (χ1) is 8.97. The monoisotopic (exact) mass is 405 g/mol. The molecule has 98 valence electrons. The van der Waals surface area contributed by atoms with Crippen LogP contribution < -0.4 is 5.73 Å². The third-order valence-electron chi connectivity index (χ3n) is 2.68. The summed E-state index contributed by atoms with van der Waals surface area (Å²) in [5.41, 5.74) is 7.37. The zero-order valence-electron chi connectivity index (χ0n) is 9.79. The highest BCUT2D eigenvalue weighted by Crippen LogP contribution is 2.29. The van der Waals surface area contributed by atoms with E-state index in [9.17, 15) is 4.79 Å². The van der Waals surface area contributed by atoms with E-state index in [0.29, 0.717) is 27.7 Å². The van der Waals surface area contributed by atoms with Crippen molar-refractivity contribution >= 4 is 57.3 Å². The van der Waals surface area contributed by atoms with Gasteiger partial charge in [-0.25, -0.2) is 0 Å². The van der Waals surface area contributed by atoms with Crippen LogP contribution in [0, 0.1) is 3.57 Å². The molecule has 0 heterocycles. The Morgan fingerprint density at radius 1 is 1.11 bits per heavy atom. The van der Waals surface area contributed by atoms with Gasteiger partial charge in [0.2, 0.25) is 0 Å². The summed E-state index contributed by atoms with van der Waals surface area (Å²) in [6.07, 6.45) is 0.313. The summed E-state index contributed by atoms with van der Waals surface area (Å²) in [4.78, 5) is 12.2. The molecule has 0 amide bonds. The molecule has 0 saturated carbocycles. The highest BCUT2D eigenvalue weighted by Gasteiger charge is 2.12. The molecule has 0 aliphatic carbocycles. The highest BCUT2D eigenvalue weighted by molar-refractivity contribution is 14.1. The van der Waals surface area contributed by atoms with Crippen LogP contribution in [0.1, 0.15) is 15.9 Å². The van der Waals surface area contributed by atoms with Gasteiger partial charge in [0, 0.05) is 15.6 Å². The fraction of sp³-hybridized carbons (Fsp3) is 0.0714. The first-order valence-corrected chi connectivity index (χ1v) is 7.33. The van der Waals surface area contributed by atoms with Gasteiger partial charge in [0.15, 0.2) is 5.78 Å². The van der Waals surface area contributed by atoms with Crippen molar-refractivity contribution in [3.63, 3.8) is 0 Å². The molecule has 5 heteroatoms. The lowest BCUT2D eigenvalue weighted by atomic mass is 10.0. The summed E-state index contributed by atoms with van der Waals surface area (Å²) in [6, 6.07) is 10.9. The lowest BCUT2D eigenvalue weighted by Crippen LogP contribution is -2.04. The lowest BCUT2D eigenvalue weighted by Gasteiger charge is -2.06. The van der Waals surface area contributed by atoms with Crippen molar-refractivity contribution in [2.45, 2.75) is 6.42 Å². The second kappa shape index (κ2) is 6.11. The average molecular weight is 406 g/mol. The molecular formula is C14H10Cl2INO. The van der Waals surface area contributed by atoms with Crippen molar-refractivity contribution in [1.82, 2.24) is 0 Å². The molecule has 2 rings (SSSR count). The first-order valence-electron chi connectivity index (χ1n) is 5.49. The number of nitrogen functional groups attached to an aromatic ring is 1. The Bertz CT molecular complexity index is 603. The van der Waals surface area contributed by atoms with Crippen LogP contribution in [0.2, 0.25) is 10.0 Å². The fourth-order valence-electron chi connectivity index (χ4n) is 1.64. The van der Waals surface area contributed by atoms with Crippen molar-refractivity contribution in [2.75, 3.05) is 5.73 Å². The number of hydrogen-bond acceptors (Lipinski definition) is 2. The minimum atomic E-state index is -0.0370. The van der Waals surface area contributed by atoms with E-state index in [2.05, 4.69) is 22.6 Å². The zero-order valence-corrected chi connectivity index (χ0v) is 13.5. The molecule has 2 nitrogen and oxygen atoms in total. The third-order valence-corrected chi connectivity index (χ3v) is 4.02. The molecule has 0 spiro atoms. The molecule has 0 bridgehead atoms. The number of rotatable bonds is 3. The number of hydrogen-bond donors (Lipinski definition) is 1. The van der Waals surface area contributed by atoms with Crippen LogP contribution in [0.5, 0.6) is 0 Å². The SMILES string of the molecule is Nc1c(Cl)cc(C(=O)Cc2ccc(I)cc2)cc1Cl. The topological polar surface area (TPSA) is 43.1 Å². The number of Topliss-reactive ketones (excluding diaryl/α,β-unsaturated/α-hetero) is 1. The van der Waals surface area contributed by atoms with E-state index < -0.39 is 0 Å². The number of ketones is 1. The Balaban J connectivity index is 2.23.